The van der Waals surface area contributed by atoms with E-state index >= 15 is 0 Å². The third kappa shape index (κ3) is 3.55. The number of hydrogen-bond donors (Lipinski definition) is 1. The van der Waals surface area contributed by atoms with Crippen LogP contribution < -0.4 is 5.73 Å². The summed E-state index contributed by atoms with van der Waals surface area (Å²) in [6.45, 7) is 1.62. The highest BCUT2D eigenvalue weighted by atomic mass is 16.2. The average molecular weight is 261 g/mol. The molecule has 1 aromatic carbocycles. The molecule has 4 nitrogen and oxygen atoms in total. The van der Waals surface area contributed by atoms with Crippen molar-refractivity contribution < 1.29 is 4.79 Å². The number of nitrogens with two attached hydrogens (primary N) is 1. The van der Waals surface area contributed by atoms with Gasteiger partial charge >= 0.3 is 0 Å². The van der Waals surface area contributed by atoms with Gasteiger partial charge in [0.1, 0.15) is 0 Å². The van der Waals surface area contributed by atoms with Crippen molar-refractivity contribution in [2.75, 3.05) is 27.2 Å². The Hall–Kier alpha value is -1.39. The maximum atomic E-state index is 12.3. The second-order valence-electron chi connectivity index (χ2n) is 5.49. The fraction of sp³-hybridized carbons (Fsp3) is 0.533. The molecule has 2 atom stereocenters. The molecule has 1 fully saturated rings. The lowest BCUT2D eigenvalue weighted by Crippen LogP contribution is -2.45. The van der Waals surface area contributed by atoms with Crippen molar-refractivity contribution in [3.8, 4) is 0 Å². The van der Waals surface area contributed by atoms with Gasteiger partial charge in [0, 0.05) is 19.1 Å². The molecule has 1 amide bonds. The monoisotopic (exact) mass is 261 g/mol. The molecule has 2 N–H and O–H groups in total. The van der Waals surface area contributed by atoms with E-state index in [0.717, 1.165) is 25.1 Å². The third-order valence-electron chi connectivity index (χ3n) is 3.82. The lowest BCUT2D eigenvalue weighted by Gasteiger charge is -2.23. The summed E-state index contributed by atoms with van der Waals surface area (Å²) in [5.41, 5.74) is 7.16. The number of benzene rings is 1. The van der Waals surface area contributed by atoms with E-state index < -0.39 is 6.04 Å². The molecule has 0 aliphatic carbocycles. The molecule has 4 heteroatoms. The minimum atomic E-state index is -0.427. The van der Waals surface area contributed by atoms with Crippen LogP contribution in [0.1, 0.15) is 12.0 Å². The van der Waals surface area contributed by atoms with Gasteiger partial charge in [-0.1, -0.05) is 30.3 Å². The highest BCUT2D eigenvalue weighted by Crippen LogP contribution is 2.15. The van der Waals surface area contributed by atoms with Gasteiger partial charge in [0.05, 0.1) is 6.04 Å². The van der Waals surface area contributed by atoms with Crippen molar-refractivity contribution in [3.63, 3.8) is 0 Å². The fourth-order valence-electron chi connectivity index (χ4n) is 2.55. The Labute approximate surface area is 115 Å². The molecular formula is C15H23N3O. The van der Waals surface area contributed by atoms with Crippen LogP contribution in [0.25, 0.3) is 0 Å². The Morgan fingerprint density at radius 1 is 1.42 bits per heavy atom. The SMILES string of the molecule is CN(C)C1CCN(C(=O)C(N)Cc2ccccc2)C1. The molecule has 0 radical (unpaired) electrons. The summed E-state index contributed by atoms with van der Waals surface area (Å²) in [6.07, 6.45) is 1.65. The van der Waals surface area contributed by atoms with Gasteiger partial charge in [-0.15, -0.1) is 0 Å². The normalized spacial score (nSPS) is 20.8. The van der Waals surface area contributed by atoms with Gasteiger partial charge in [0.2, 0.25) is 5.91 Å². The van der Waals surface area contributed by atoms with E-state index in [9.17, 15) is 4.79 Å². The predicted octanol–water partition coefficient (Wildman–Crippen LogP) is 0.719. The Balaban J connectivity index is 1.90. The zero-order valence-corrected chi connectivity index (χ0v) is 11.7. The minimum Gasteiger partial charge on any atom is -0.340 e. The largest absolute Gasteiger partial charge is 0.340 e. The number of likely N-dealkylation sites (tertiary alicyclic amines) is 1. The van der Waals surface area contributed by atoms with E-state index in [1.165, 1.54) is 0 Å². The molecule has 104 valence electrons. The zero-order chi connectivity index (χ0) is 13.8. The van der Waals surface area contributed by atoms with Gasteiger partial charge in [0.15, 0.2) is 0 Å². The number of nitrogens with zero attached hydrogens (tertiary/aromatic N) is 2. The first kappa shape index (κ1) is 14.0. The smallest absolute Gasteiger partial charge is 0.239 e. The van der Waals surface area contributed by atoms with E-state index in [1.807, 2.05) is 35.2 Å². The second kappa shape index (κ2) is 6.17. The lowest BCUT2D eigenvalue weighted by atomic mass is 10.1. The summed E-state index contributed by atoms with van der Waals surface area (Å²) in [5, 5.41) is 0. The molecule has 1 saturated heterocycles. The molecule has 2 rings (SSSR count). The lowest BCUT2D eigenvalue weighted by molar-refractivity contribution is -0.131. The molecule has 0 saturated carbocycles. The Bertz CT molecular complexity index is 419. The van der Waals surface area contributed by atoms with Crippen LogP contribution >= 0.6 is 0 Å². The third-order valence-corrected chi connectivity index (χ3v) is 3.82. The van der Waals surface area contributed by atoms with Crippen molar-refractivity contribution in [3.05, 3.63) is 35.9 Å². The average Bonchev–Trinajstić information content (AvgIpc) is 2.88. The van der Waals surface area contributed by atoms with Crippen LogP contribution in [0.3, 0.4) is 0 Å². The van der Waals surface area contributed by atoms with Crippen LogP contribution in [0.15, 0.2) is 30.3 Å². The molecule has 1 heterocycles. The summed E-state index contributed by atoms with van der Waals surface area (Å²) in [4.78, 5) is 16.4. The Kier molecular flexibility index (Phi) is 4.56. The van der Waals surface area contributed by atoms with E-state index in [2.05, 4.69) is 19.0 Å². The molecule has 1 aliphatic rings. The second-order valence-corrected chi connectivity index (χ2v) is 5.49. The van der Waals surface area contributed by atoms with Crippen molar-refractivity contribution in [2.24, 2.45) is 5.73 Å². The minimum absolute atomic E-state index is 0.0770. The van der Waals surface area contributed by atoms with Gasteiger partial charge in [-0.2, -0.15) is 0 Å². The number of likely N-dealkylation sites (N-methyl/N-ethyl adjacent to an activating group) is 1. The zero-order valence-electron chi connectivity index (χ0n) is 11.7. The highest BCUT2D eigenvalue weighted by molar-refractivity contribution is 5.82. The standard InChI is InChI=1S/C15H23N3O/c1-17(2)13-8-9-18(11-13)15(19)14(16)10-12-6-4-3-5-7-12/h3-7,13-14H,8-11,16H2,1-2H3. The van der Waals surface area contributed by atoms with Gasteiger partial charge in [-0.05, 0) is 32.5 Å². The first-order chi connectivity index (χ1) is 9.08. The Morgan fingerprint density at radius 3 is 2.68 bits per heavy atom. The molecule has 2 unspecified atom stereocenters. The number of amides is 1. The summed E-state index contributed by atoms with van der Waals surface area (Å²) >= 11 is 0. The molecule has 0 spiro atoms. The van der Waals surface area contributed by atoms with Crippen molar-refractivity contribution in [1.82, 2.24) is 9.80 Å². The van der Waals surface area contributed by atoms with Crippen molar-refractivity contribution >= 4 is 5.91 Å². The molecule has 1 aliphatic heterocycles. The number of carbonyl (C=O) groups is 1. The molecule has 0 bridgehead atoms. The van der Waals surface area contributed by atoms with Crippen LogP contribution in [0.5, 0.6) is 0 Å². The van der Waals surface area contributed by atoms with Crippen molar-refractivity contribution in [2.45, 2.75) is 24.9 Å². The van der Waals surface area contributed by atoms with Gasteiger partial charge < -0.3 is 15.5 Å². The Morgan fingerprint density at radius 2 is 2.11 bits per heavy atom. The molecule has 0 aromatic heterocycles. The highest BCUT2D eigenvalue weighted by Gasteiger charge is 2.30. The summed E-state index contributed by atoms with van der Waals surface area (Å²) in [6, 6.07) is 9.99. The summed E-state index contributed by atoms with van der Waals surface area (Å²) in [5.74, 6) is 0.0770. The first-order valence-corrected chi connectivity index (χ1v) is 6.82. The number of carbonyl (C=O) groups excluding carboxylic acids is 1. The molecule has 1 aromatic rings. The predicted molar refractivity (Wildman–Crippen MR) is 76.8 cm³/mol. The van der Waals surface area contributed by atoms with E-state index in [0.29, 0.717) is 12.5 Å². The maximum absolute atomic E-state index is 12.3. The van der Waals surface area contributed by atoms with Crippen LogP contribution in [-0.4, -0.2) is 55.0 Å². The van der Waals surface area contributed by atoms with Gasteiger partial charge in [-0.3, -0.25) is 4.79 Å². The van der Waals surface area contributed by atoms with E-state index in [4.69, 9.17) is 5.73 Å². The first-order valence-electron chi connectivity index (χ1n) is 6.82. The molecular weight excluding hydrogens is 238 g/mol. The number of hydrogen-bond acceptors (Lipinski definition) is 3. The topological polar surface area (TPSA) is 49.6 Å². The maximum Gasteiger partial charge on any atom is 0.239 e. The quantitative estimate of drug-likeness (QED) is 0.869. The van der Waals surface area contributed by atoms with Crippen LogP contribution in [0.2, 0.25) is 0 Å². The van der Waals surface area contributed by atoms with Gasteiger partial charge in [0.25, 0.3) is 0 Å². The summed E-state index contributed by atoms with van der Waals surface area (Å²) < 4.78 is 0. The fourth-order valence-corrected chi connectivity index (χ4v) is 2.55. The van der Waals surface area contributed by atoms with Crippen molar-refractivity contribution in [1.29, 1.82) is 0 Å². The van der Waals surface area contributed by atoms with E-state index in [-0.39, 0.29) is 5.91 Å². The molecule has 19 heavy (non-hydrogen) atoms. The van der Waals surface area contributed by atoms with Crippen LogP contribution in [0.4, 0.5) is 0 Å². The van der Waals surface area contributed by atoms with Crippen LogP contribution in [0, 0.1) is 0 Å². The van der Waals surface area contributed by atoms with E-state index in [1.54, 1.807) is 0 Å². The van der Waals surface area contributed by atoms with Gasteiger partial charge in [-0.25, -0.2) is 0 Å². The summed E-state index contributed by atoms with van der Waals surface area (Å²) in [7, 11) is 4.12. The van der Waals surface area contributed by atoms with Crippen LogP contribution in [-0.2, 0) is 11.2 Å². The number of rotatable bonds is 4.